The van der Waals surface area contributed by atoms with Crippen LogP contribution in [0.4, 0.5) is 4.79 Å². The van der Waals surface area contributed by atoms with Gasteiger partial charge in [-0.15, -0.1) is 0 Å². The minimum absolute atomic E-state index is 0.0748. The van der Waals surface area contributed by atoms with E-state index < -0.39 is 6.09 Å². The van der Waals surface area contributed by atoms with Crippen LogP contribution in [0.3, 0.4) is 0 Å². The summed E-state index contributed by atoms with van der Waals surface area (Å²) in [5, 5.41) is 10.7. The van der Waals surface area contributed by atoms with Crippen molar-refractivity contribution in [3.8, 4) is 0 Å². The fraction of sp³-hybridized carbons (Fsp3) is 0.889. The molecule has 0 unspecified atom stereocenters. The van der Waals surface area contributed by atoms with Crippen LogP contribution in [0.25, 0.3) is 0 Å². The van der Waals surface area contributed by atoms with E-state index in [0.29, 0.717) is 12.5 Å². The van der Waals surface area contributed by atoms with Crippen LogP contribution < -0.4 is 11.1 Å². The van der Waals surface area contributed by atoms with Gasteiger partial charge in [0.15, 0.2) is 0 Å². The van der Waals surface area contributed by atoms with Crippen molar-refractivity contribution in [2.75, 3.05) is 19.8 Å². The van der Waals surface area contributed by atoms with Gasteiger partial charge in [-0.3, -0.25) is 0 Å². The van der Waals surface area contributed by atoms with Crippen molar-refractivity contribution in [1.29, 1.82) is 0 Å². The van der Waals surface area contributed by atoms with Gasteiger partial charge >= 0.3 is 6.09 Å². The minimum Gasteiger partial charge on any atom is -0.465 e. The highest BCUT2D eigenvalue weighted by Gasteiger charge is 2.17. The second kappa shape index (κ2) is 5.82. The maximum absolute atomic E-state index is 10.2. The average molecular weight is 202 g/mol. The molecule has 5 nitrogen and oxygen atoms in total. The molecule has 5 heteroatoms. The number of hydrogen-bond acceptors (Lipinski definition) is 3. The number of carbonyl (C=O) groups is 1. The van der Waals surface area contributed by atoms with Crippen LogP contribution >= 0.6 is 0 Å². The Hall–Kier alpha value is -0.810. The quantitative estimate of drug-likeness (QED) is 0.616. The van der Waals surface area contributed by atoms with E-state index in [1.54, 1.807) is 0 Å². The lowest BCUT2D eigenvalue weighted by molar-refractivity contribution is 0.0618. The Balaban J connectivity index is 2.11. The van der Waals surface area contributed by atoms with Gasteiger partial charge in [0, 0.05) is 25.8 Å². The molecule has 1 fully saturated rings. The Labute approximate surface area is 83.6 Å². The predicted octanol–water partition coefficient (Wildman–Crippen LogP) is 0.398. The van der Waals surface area contributed by atoms with Crippen LogP contribution in [0, 0.1) is 5.92 Å². The maximum Gasteiger partial charge on any atom is 0.404 e. The summed E-state index contributed by atoms with van der Waals surface area (Å²) in [6.45, 7) is 1.96. The minimum atomic E-state index is -1.01. The molecular weight excluding hydrogens is 184 g/mol. The average Bonchev–Trinajstić information content (AvgIpc) is 2.16. The van der Waals surface area contributed by atoms with Crippen molar-refractivity contribution in [1.82, 2.24) is 5.32 Å². The van der Waals surface area contributed by atoms with E-state index in [0.717, 1.165) is 32.5 Å². The van der Waals surface area contributed by atoms with E-state index in [-0.39, 0.29) is 6.04 Å². The number of carboxylic acid groups (broad SMARTS) is 1. The van der Waals surface area contributed by atoms with Gasteiger partial charge < -0.3 is 20.9 Å². The highest BCUT2D eigenvalue weighted by molar-refractivity contribution is 5.64. The fourth-order valence-electron chi connectivity index (χ4n) is 1.71. The third-order valence-corrected chi connectivity index (χ3v) is 2.49. The van der Waals surface area contributed by atoms with Gasteiger partial charge in [-0.1, -0.05) is 0 Å². The summed E-state index contributed by atoms with van der Waals surface area (Å²) < 4.78 is 5.23. The summed E-state index contributed by atoms with van der Waals surface area (Å²) in [6.07, 6.45) is 1.96. The molecule has 0 spiro atoms. The van der Waals surface area contributed by atoms with Gasteiger partial charge in [0.2, 0.25) is 0 Å². The molecule has 14 heavy (non-hydrogen) atoms. The third kappa shape index (κ3) is 4.43. The second-order valence-electron chi connectivity index (χ2n) is 3.74. The molecule has 1 heterocycles. The molecule has 1 aliphatic heterocycles. The van der Waals surface area contributed by atoms with E-state index in [1.807, 2.05) is 0 Å². The molecule has 1 rings (SSSR count). The molecule has 0 aromatic rings. The molecule has 1 saturated heterocycles. The lowest BCUT2D eigenvalue weighted by Gasteiger charge is -2.24. The molecule has 0 radical (unpaired) electrons. The first kappa shape index (κ1) is 11.3. The topological polar surface area (TPSA) is 84.6 Å². The SMILES string of the molecule is N[C@H](CNC(=O)O)CC1CCOCC1. The zero-order chi connectivity index (χ0) is 10.4. The standard InChI is InChI=1S/C9H18N2O3/c10-8(6-11-9(12)13)5-7-1-3-14-4-2-7/h7-8,11H,1-6,10H2,(H,12,13)/t8-/m0/s1. The number of ether oxygens (including phenoxy) is 1. The molecule has 1 amide bonds. The number of hydrogen-bond donors (Lipinski definition) is 3. The van der Waals surface area contributed by atoms with Crippen LogP contribution in [-0.2, 0) is 4.74 Å². The highest BCUT2D eigenvalue weighted by atomic mass is 16.5. The number of amides is 1. The normalized spacial score (nSPS) is 20.4. The van der Waals surface area contributed by atoms with Gasteiger partial charge in [0.25, 0.3) is 0 Å². The van der Waals surface area contributed by atoms with Gasteiger partial charge in [-0.2, -0.15) is 0 Å². The molecular formula is C9H18N2O3. The molecule has 0 aromatic carbocycles. The zero-order valence-electron chi connectivity index (χ0n) is 8.24. The first-order chi connectivity index (χ1) is 6.68. The number of nitrogens with one attached hydrogen (secondary N) is 1. The summed E-state index contributed by atoms with van der Waals surface area (Å²) in [7, 11) is 0. The molecule has 1 aliphatic rings. The Morgan fingerprint density at radius 1 is 1.57 bits per heavy atom. The third-order valence-electron chi connectivity index (χ3n) is 2.49. The smallest absolute Gasteiger partial charge is 0.404 e. The van der Waals surface area contributed by atoms with E-state index in [9.17, 15) is 4.79 Å². The van der Waals surface area contributed by atoms with Gasteiger partial charge in [0.1, 0.15) is 0 Å². The molecule has 0 aromatic heterocycles. The summed E-state index contributed by atoms with van der Waals surface area (Å²) in [5.74, 6) is 0.592. The fourth-order valence-corrected chi connectivity index (χ4v) is 1.71. The van der Waals surface area contributed by atoms with Crippen molar-refractivity contribution in [2.24, 2.45) is 11.7 Å². The van der Waals surface area contributed by atoms with Crippen molar-refractivity contribution < 1.29 is 14.6 Å². The van der Waals surface area contributed by atoms with Gasteiger partial charge in [0.05, 0.1) is 0 Å². The van der Waals surface area contributed by atoms with Crippen LogP contribution in [-0.4, -0.2) is 37.0 Å². The van der Waals surface area contributed by atoms with Gasteiger partial charge in [-0.25, -0.2) is 4.79 Å². The van der Waals surface area contributed by atoms with E-state index in [2.05, 4.69) is 5.32 Å². The number of nitrogens with two attached hydrogens (primary N) is 1. The monoisotopic (exact) mass is 202 g/mol. The van der Waals surface area contributed by atoms with Crippen molar-refractivity contribution in [3.05, 3.63) is 0 Å². The highest BCUT2D eigenvalue weighted by Crippen LogP contribution is 2.19. The van der Waals surface area contributed by atoms with Crippen LogP contribution in [0.15, 0.2) is 0 Å². The van der Waals surface area contributed by atoms with E-state index in [4.69, 9.17) is 15.6 Å². The summed E-state index contributed by atoms with van der Waals surface area (Å²) in [4.78, 5) is 10.2. The molecule has 0 aliphatic carbocycles. The first-order valence-corrected chi connectivity index (χ1v) is 4.98. The predicted molar refractivity (Wildman–Crippen MR) is 52.2 cm³/mol. The Morgan fingerprint density at radius 3 is 2.79 bits per heavy atom. The van der Waals surface area contributed by atoms with Crippen LogP contribution in [0.2, 0.25) is 0 Å². The Bertz CT molecular complexity index is 181. The van der Waals surface area contributed by atoms with Crippen molar-refractivity contribution in [2.45, 2.75) is 25.3 Å². The molecule has 82 valence electrons. The van der Waals surface area contributed by atoms with E-state index >= 15 is 0 Å². The summed E-state index contributed by atoms with van der Waals surface area (Å²) in [6, 6.07) is -0.0748. The number of rotatable bonds is 4. The van der Waals surface area contributed by atoms with Crippen LogP contribution in [0.1, 0.15) is 19.3 Å². The van der Waals surface area contributed by atoms with Crippen LogP contribution in [0.5, 0.6) is 0 Å². The zero-order valence-corrected chi connectivity index (χ0v) is 8.24. The largest absolute Gasteiger partial charge is 0.465 e. The molecule has 0 bridgehead atoms. The summed E-state index contributed by atoms with van der Waals surface area (Å²) >= 11 is 0. The second-order valence-corrected chi connectivity index (χ2v) is 3.74. The summed E-state index contributed by atoms with van der Waals surface area (Å²) in [5.41, 5.74) is 5.79. The van der Waals surface area contributed by atoms with E-state index in [1.165, 1.54) is 0 Å². The molecule has 0 saturated carbocycles. The molecule has 1 atom stereocenters. The lowest BCUT2D eigenvalue weighted by atomic mass is 9.93. The van der Waals surface area contributed by atoms with Crippen molar-refractivity contribution >= 4 is 6.09 Å². The van der Waals surface area contributed by atoms with Gasteiger partial charge in [-0.05, 0) is 25.2 Å². The maximum atomic E-state index is 10.2. The lowest BCUT2D eigenvalue weighted by Crippen LogP contribution is -2.38. The Morgan fingerprint density at radius 2 is 2.21 bits per heavy atom. The first-order valence-electron chi connectivity index (χ1n) is 4.98. The molecule has 4 N–H and O–H groups in total. The Kier molecular flexibility index (Phi) is 4.69. The van der Waals surface area contributed by atoms with Crippen molar-refractivity contribution in [3.63, 3.8) is 0 Å².